The van der Waals surface area contributed by atoms with Crippen molar-refractivity contribution >= 4 is 36.8 Å². The number of ether oxygens (including phenoxy) is 2. The van der Waals surface area contributed by atoms with Crippen molar-refractivity contribution in [3.8, 4) is 0 Å². The maximum atomic E-state index is 10.8. The van der Waals surface area contributed by atoms with Crippen LogP contribution in [0.25, 0.3) is 0 Å². The van der Waals surface area contributed by atoms with Crippen molar-refractivity contribution in [2.24, 2.45) is 11.8 Å². The second kappa shape index (κ2) is 11.9. The molecule has 2 aliphatic carbocycles. The van der Waals surface area contributed by atoms with Gasteiger partial charge in [0.05, 0.1) is 26.1 Å². The average Bonchev–Trinajstić information content (AvgIpc) is 2.36. The highest BCUT2D eigenvalue weighted by Crippen LogP contribution is 2.28. The number of rotatable bonds is 4. The summed E-state index contributed by atoms with van der Waals surface area (Å²) in [6, 6.07) is 1.06. The monoisotopic (exact) mass is 358 g/mol. The fraction of sp³-hybridized carbons (Fsp3) is 0.857. The van der Waals surface area contributed by atoms with Crippen LogP contribution in [-0.2, 0) is 19.1 Å². The van der Waals surface area contributed by atoms with Gasteiger partial charge in [0, 0.05) is 12.1 Å². The molecule has 8 heteroatoms. The maximum Gasteiger partial charge on any atom is 0.308 e. The predicted molar refractivity (Wildman–Crippen MR) is 89.7 cm³/mol. The third-order valence-electron chi connectivity index (χ3n) is 4.16. The largest absolute Gasteiger partial charge is 0.469 e. The standard InChI is InChI=1S/2C7H13NO2.2ClH/c2*1-8-6-3-5(4-6)7(9)10-2;;/h2*5-6,8H,3-4H2,1-2H3;2*1H. The fourth-order valence-electron chi connectivity index (χ4n) is 2.43. The molecule has 2 N–H and O–H groups in total. The maximum absolute atomic E-state index is 10.8. The molecule has 2 rings (SSSR count). The summed E-state index contributed by atoms with van der Waals surface area (Å²) in [5.74, 6) is 0.183. The molecule has 0 unspecified atom stereocenters. The van der Waals surface area contributed by atoms with Gasteiger partial charge in [0.15, 0.2) is 0 Å². The second-order valence-electron chi connectivity index (χ2n) is 5.35. The lowest BCUT2D eigenvalue weighted by Crippen LogP contribution is -2.42. The molecular weight excluding hydrogens is 331 g/mol. The van der Waals surface area contributed by atoms with Gasteiger partial charge in [-0.2, -0.15) is 0 Å². The lowest BCUT2D eigenvalue weighted by molar-refractivity contribution is -0.149. The summed E-state index contributed by atoms with van der Waals surface area (Å²) < 4.78 is 9.16. The van der Waals surface area contributed by atoms with E-state index in [2.05, 4.69) is 20.1 Å². The van der Waals surface area contributed by atoms with E-state index in [1.807, 2.05) is 14.1 Å². The van der Waals surface area contributed by atoms with Crippen LogP contribution < -0.4 is 10.6 Å². The van der Waals surface area contributed by atoms with Crippen molar-refractivity contribution in [1.29, 1.82) is 0 Å². The van der Waals surface area contributed by atoms with E-state index >= 15 is 0 Å². The van der Waals surface area contributed by atoms with Gasteiger partial charge in [-0.1, -0.05) is 0 Å². The van der Waals surface area contributed by atoms with E-state index in [-0.39, 0.29) is 48.6 Å². The van der Waals surface area contributed by atoms with Crippen molar-refractivity contribution in [1.82, 2.24) is 10.6 Å². The molecule has 0 aromatic rings. The number of halogens is 2. The Morgan fingerprint density at radius 3 is 1.23 bits per heavy atom. The Kier molecular flexibility index (Phi) is 12.9. The summed E-state index contributed by atoms with van der Waals surface area (Å²) in [5, 5.41) is 6.21. The third kappa shape index (κ3) is 6.69. The molecule has 2 fully saturated rings. The zero-order valence-corrected chi connectivity index (χ0v) is 15.2. The molecule has 0 amide bonds. The first-order valence-electron chi connectivity index (χ1n) is 7.05. The van der Waals surface area contributed by atoms with Gasteiger partial charge in [-0.05, 0) is 39.8 Å². The molecule has 0 aromatic carbocycles. The van der Waals surface area contributed by atoms with Crippen molar-refractivity contribution in [3.05, 3.63) is 0 Å². The molecule has 0 heterocycles. The Balaban J connectivity index is 0. The summed E-state index contributed by atoms with van der Waals surface area (Å²) in [5.41, 5.74) is 0. The van der Waals surface area contributed by atoms with Crippen LogP contribution in [0.5, 0.6) is 0 Å². The lowest BCUT2D eigenvalue weighted by Gasteiger charge is -2.32. The number of nitrogens with one attached hydrogen (secondary N) is 2. The minimum absolute atomic E-state index is 0. The molecule has 0 saturated heterocycles. The van der Waals surface area contributed by atoms with Crippen molar-refractivity contribution in [3.63, 3.8) is 0 Å². The van der Waals surface area contributed by atoms with Crippen molar-refractivity contribution in [2.45, 2.75) is 37.8 Å². The predicted octanol–water partition coefficient (Wildman–Crippen LogP) is 1.16. The Morgan fingerprint density at radius 1 is 0.773 bits per heavy atom. The van der Waals surface area contributed by atoms with Gasteiger partial charge in [-0.25, -0.2) is 0 Å². The summed E-state index contributed by atoms with van der Waals surface area (Å²) in [6.45, 7) is 0. The smallest absolute Gasteiger partial charge is 0.308 e. The first-order valence-corrected chi connectivity index (χ1v) is 7.05. The van der Waals surface area contributed by atoms with Crippen molar-refractivity contribution in [2.75, 3.05) is 28.3 Å². The zero-order chi connectivity index (χ0) is 15.1. The molecular formula is C14H28Cl2N2O4. The molecule has 0 spiro atoms. The van der Waals surface area contributed by atoms with Crippen LogP contribution in [0, 0.1) is 11.8 Å². The van der Waals surface area contributed by atoms with E-state index in [1.165, 1.54) is 14.2 Å². The third-order valence-corrected chi connectivity index (χ3v) is 4.16. The molecule has 2 saturated carbocycles. The molecule has 0 aliphatic heterocycles. The number of hydrogen-bond donors (Lipinski definition) is 2. The van der Waals surface area contributed by atoms with Crippen LogP contribution >= 0.6 is 24.8 Å². The number of carbonyl (C=O) groups is 2. The summed E-state index contributed by atoms with van der Waals surface area (Å²) in [6.07, 6.45) is 3.73. The van der Waals surface area contributed by atoms with Gasteiger partial charge >= 0.3 is 11.9 Å². The summed E-state index contributed by atoms with van der Waals surface area (Å²) >= 11 is 0. The second-order valence-corrected chi connectivity index (χ2v) is 5.35. The summed E-state index contributed by atoms with van der Waals surface area (Å²) in [4.78, 5) is 21.6. The number of methoxy groups -OCH3 is 2. The Bertz CT molecular complexity index is 301. The van der Waals surface area contributed by atoms with E-state index in [4.69, 9.17) is 0 Å². The number of esters is 2. The molecule has 0 bridgehead atoms. The van der Waals surface area contributed by atoms with Crippen LogP contribution in [0.4, 0.5) is 0 Å². The van der Waals surface area contributed by atoms with Gasteiger partial charge in [0.25, 0.3) is 0 Å². The molecule has 6 nitrogen and oxygen atoms in total. The molecule has 2 aliphatic rings. The normalized spacial score (nSPS) is 28.2. The minimum atomic E-state index is -0.0634. The van der Waals surface area contributed by atoms with E-state index in [0.717, 1.165) is 25.7 Å². The molecule has 0 aromatic heterocycles. The van der Waals surface area contributed by atoms with Crippen LogP contribution in [0.3, 0.4) is 0 Å². The van der Waals surface area contributed by atoms with E-state index in [9.17, 15) is 9.59 Å². The first-order chi connectivity index (χ1) is 9.55. The number of hydrogen-bond acceptors (Lipinski definition) is 6. The van der Waals surface area contributed by atoms with Crippen LogP contribution in [0.2, 0.25) is 0 Å². The zero-order valence-electron chi connectivity index (χ0n) is 13.6. The van der Waals surface area contributed by atoms with E-state index < -0.39 is 0 Å². The quantitative estimate of drug-likeness (QED) is 0.734. The highest BCUT2D eigenvalue weighted by atomic mass is 35.5. The van der Waals surface area contributed by atoms with Crippen LogP contribution in [-0.4, -0.2) is 52.3 Å². The topological polar surface area (TPSA) is 76.7 Å². The Labute approximate surface area is 144 Å². The Hall–Kier alpha value is -0.560. The molecule has 0 radical (unpaired) electrons. The first kappa shape index (κ1) is 23.7. The molecule has 132 valence electrons. The van der Waals surface area contributed by atoms with Crippen molar-refractivity contribution < 1.29 is 19.1 Å². The molecule has 22 heavy (non-hydrogen) atoms. The minimum Gasteiger partial charge on any atom is -0.469 e. The number of carbonyl (C=O) groups excluding carboxylic acids is 2. The van der Waals surface area contributed by atoms with E-state index in [1.54, 1.807) is 0 Å². The summed E-state index contributed by atoms with van der Waals surface area (Å²) in [7, 11) is 6.71. The van der Waals surface area contributed by atoms with Gasteiger partial charge in [0.2, 0.25) is 0 Å². The van der Waals surface area contributed by atoms with Gasteiger partial charge in [-0.3, -0.25) is 9.59 Å². The average molecular weight is 359 g/mol. The highest BCUT2D eigenvalue weighted by Gasteiger charge is 2.34. The highest BCUT2D eigenvalue weighted by molar-refractivity contribution is 5.85. The lowest BCUT2D eigenvalue weighted by atomic mass is 9.80. The van der Waals surface area contributed by atoms with Gasteiger partial charge < -0.3 is 20.1 Å². The van der Waals surface area contributed by atoms with Gasteiger partial charge in [-0.15, -0.1) is 24.8 Å². The van der Waals surface area contributed by atoms with Crippen LogP contribution in [0.15, 0.2) is 0 Å². The SMILES string of the molecule is CNC1CC(C(=O)OC)C1.CNC1CC(C(=O)OC)C1.Cl.Cl. The van der Waals surface area contributed by atoms with E-state index in [0.29, 0.717) is 12.1 Å². The fourth-order valence-corrected chi connectivity index (χ4v) is 2.43. The van der Waals surface area contributed by atoms with Crippen LogP contribution in [0.1, 0.15) is 25.7 Å². The van der Waals surface area contributed by atoms with Gasteiger partial charge in [0.1, 0.15) is 0 Å². The molecule has 0 atom stereocenters. The Morgan fingerprint density at radius 2 is 1.05 bits per heavy atom.